The van der Waals surface area contributed by atoms with Crippen LogP contribution in [0.4, 0.5) is 5.69 Å². The quantitative estimate of drug-likeness (QED) is 0.681. The first-order chi connectivity index (χ1) is 10.1. The van der Waals surface area contributed by atoms with E-state index in [0.29, 0.717) is 16.1 Å². The van der Waals surface area contributed by atoms with E-state index in [1.807, 2.05) is 0 Å². The van der Waals surface area contributed by atoms with Gasteiger partial charge in [-0.2, -0.15) is 4.68 Å². The maximum atomic E-state index is 11.7. The van der Waals surface area contributed by atoms with Crippen molar-refractivity contribution in [3.05, 3.63) is 29.0 Å². The number of nitrogens with one attached hydrogen (secondary N) is 2. The van der Waals surface area contributed by atoms with Crippen LogP contribution < -0.4 is 5.32 Å². The van der Waals surface area contributed by atoms with E-state index in [4.69, 9.17) is 17.3 Å². The zero-order valence-corrected chi connectivity index (χ0v) is 12.3. The highest BCUT2D eigenvalue weighted by molar-refractivity contribution is 8.00. The molecule has 0 bridgehead atoms. The van der Waals surface area contributed by atoms with Crippen LogP contribution in [0.2, 0.25) is 0 Å². The fourth-order valence-electron chi connectivity index (χ4n) is 1.51. The van der Waals surface area contributed by atoms with Crippen molar-refractivity contribution < 1.29 is 14.7 Å². The van der Waals surface area contributed by atoms with Gasteiger partial charge in [0.25, 0.3) is 0 Å². The van der Waals surface area contributed by atoms with E-state index < -0.39 is 5.97 Å². The Bertz CT molecular complexity index is 712. The van der Waals surface area contributed by atoms with Crippen molar-refractivity contribution >= 4 is 41.5 Å². The smallest absolute Gasteiger partial charge is 0.313 e. The molecule has 0 saturated carbocycles. The number of aromatic amines is 1. The number of amides is 1. The molecule has 21 heavy (non-hydrogen) atoms. The summed E-state index contributed by atoms with van der Waals surface area (Å²) in [5.41, 5.74) is 1.23. The predicted octanol–water partition coefficient (Wildman–Crippen LogP) is 1.08. The largest absolute Gasteiger partial charge is 0.481 e. The average Bonchev–Trinajstić information content (AvgIpc) is 2.85. The Hall–Kier alpha value is -2.20. The molecule has 0 aliphatic carbocycles. The molecule has 0 saturated heterocycles. The molecular formula is C11H11N5O3S2. The number of hydrogen-bond acceptors (Lipinski definition) is 6. The molecule has 0 fully saturated rings. The van der Waals surface area contributed by atoms with Crippen LogP contribution in [0.1, 0.15) is 0 Å². The number of hydrogen-bond donors (Lipinski definition) is 3. The number of anilines is 1. The monoisotopic (exact) mass is 325 g/mol. The van der Waals surface area contributed by atoms with Gasteiger partial charge in [-0.25, -0.2) is 5.10 Å². The molecule has 0 atom stereocenters. The van der Waals surface area contributed by atoms with E-state index in [0.717, 1.165) is 11.8 Å². The summed E-state index contributed by atoms with van der Waals surface area (Å²) in [5, 5.41) is 21.1. The summed E-state index contributed by atoms with van der Waals surface area (Å²) in [6.07, 6.45) is 0. The van der Waals surface area contributed by atoms with Crippen molar-refractivity contribution in [3.8, 4) is 5.69 Å². The number of nitrogens with zero attached hydrogens (tertiary/aromatic N) is 3. The van der Waals surface area contributed by atoms with Crippen LogP contribution in [0.25, 0.3) is 5.69 Å². The average molecular weight is 325 g/mol. The van der Waals surface area contributed by atoms with Gasteiger partial charge in [-0.15, -0.1) is 11.8 Å². The fourth-order valence-corrected chi connectivity index (χ4v) is 2.23. The van der Waals surface area contributed by atoms with Gasteiger partial charge in [-0.1, -0.05) is 6.07 Å². The van der Waals surface area contributed by atoms with Crippen LogP contribution in [-0.4, -0.2) is 48.7 Å². The molecule has 0 radical (unpaired) electrons. The third kappa shape index (κ3) is 4.39. The molecule has 0 spiro atoms. The molecule has 2 rings (SSSR count). The van der Waals surface area contributed by atoms with E-state index >= 15 is 0 Å². The van der Waals surface area contributed by atoms with Crippen LogP contribution in [0.15, 0.2) is 24.3 Å². The van der Waals surface area contributed by atoms with Crippen LogP contribution in [0, 0.1) is 4.77 Å². The Morgan fingerprint density at radius 3 is 2.90 bits per heavy atom. The second-order valence-electron chi connectivity index (χ2n) is 3.90. The Morgan fingerprint density at radius 2 is 2.24 bits per heavy atom. The minimum atomic E-state index is -0.949. The number of thioether (sulfide) groups is 1. The van der Waals surface area contributed by atoms with Gasteiger partial charge in [-0.05, 0) is 40.8 Å². The van der Waals surface area contributed by atoms with E-state index in [1.165, 1.54) is 4.68 Å². The van der Waals surface area contributed by atoms with Crippen LogP contribution in [0.3, 0.4) is 0 Å². The highest BCUT2D eigenvalue weighted by Gasteiger charge is 2.06. The number of carboxylic acids is 1. The van der Waals surface area contributed by atoms with Gasteiger partial charge >= 0.3 is 5.97 Å². The molecule has 1 heterocycles. The lowest BCUT2D eigenvalue weighted by Gasteiger charge is -2.06. The van der Waals surface area contributed by atoms with E-state index in [1.54, 1.807) is 24.3 Å². The van der Waals surface area contributed by atoms with Crippen molar-refractivity contribution in [3.63, 3.8) is 0 Å². The molecule has 0 unspecified atom stereocenters. The number of carboxylic acid groups (broad SMARTS) is 1. The first-order valence-electron chi connectivity index (χ1n) is 5.76. The molecule has 10 heteroatoms. The molecule has 8 nitrogen and oxygen atoms in total. The summed E-state index contributed by atoms with van der Waals surface area (Å²) < 4.78 is 1.76. The second-order valence-corrected chi connectivity index (χ2v) is 5.28. The van der Waals surface area contributed by atoms with Gasteiger partial charge in [0.1, 0.15) is 0 Å². The van der Waals surface area contributed by atoms with Crippen LogP contribution in [0.5, 0.6) is 0 Å². The van der Waals surface area contributed by atoms with Crippen molar-refractivity contribution in [2.24, 2.45) is 0 Å². The number of tetrazole rings is 1. The highest BCUT2D eigenvalue weighted by Crippen LogP contribution is 2.14. The van der Waals surface area contributed by atoms with Crippen molar-refractivity contribution in [1.29, 1.82) is 0 Å². The number of carbonyl (C=O) groups excluding carboxylic acids is 1. The first kappa shape index (κ1) is 15.2. The maximum Gasteiger partial charge on any atom is 0.313 e. The van der Waals surface area contributed by atoms with Gasteiger partial charge < -0.3 is 10.4 Å². The lowest BCUT2D eigenvalue weighted by molar-refractivity contribution is -0.133. The lowest BCUT2D eigenvalue weighted by Crippen LogP contribution is -2.15. The molecule has 2 aromatic rings. The molecule has 0 aliphatic rings. The van der Waals surface area contributed by atoms with Crippen LogP contribution in [-0.2, 0) is 9.59 Å². The van der Waals surface area contributed by atoms with Crippen LogP contribution >= 0.6 is 24.0 Å². The standard InChI is InChI=1S/C11H11N5O3S2/c17-9(5-21-6-10(18)19)12-7-2-1-3-8(4-7)16-11(20)13-14-15-16/h1-4H,5-6H2,(H,12,17)(H,18,19)(H,13,15,20). The summed E-state index contributed by atoms with van der Waals surface area (Å²) >= 11 is 6.05. The van der Waals surface area contributed by atoms with E-state index in [9.17, 15) is 9.59 Å². The van der Waals surface area contributed by atoms with Gasteiger partial charge in [0, 0.05) is 5.69 Å². The number of carbonyl (C=O) groups is 2. The summed E-state index contributed by atoms with van der Waals surface area (Å²) in [6.45, 7) is 0. The lowest BCUT2D eigenvalue weighted by atomic mass is 10.3. The Balaban J connectivity index is 2.01. The molecule has 110 valence electrons. The van der Waals surface area contributed by atoms with E-state index in [2.05, 4.69) is 20.8 Å². The second kappa shape index (κ2) is 6.99. The molecular weight excluding hydrogens is 314 g/mol. The van der Waals surface area contributed by atoms with Crippen molar-refractivity contribution in [2.75, 3.05) is 16.8 Å². The summed E-state index contributed by atoms with van der Waals surface area (Å²) in [6, 6.07) is 6.92. The highest BCUT2D eigenvalue weighted by atomic mass is 32.2. The normalized spacial score (nSPS) is 10.3. The summed E-state index contributed by atoms with van der Waals surface area (Å²) in [5.74, 6) is -1.26. The molecule has 1 aromatic carbocycles. The topological polar surface area (TPSA) is 113 Å². The fraction of sp³-hybridized carbons (Fsp3) is 0.182. The van der Waals surface area contributed by atoms with Gasteiger partial charge in [-0.3, -0.25) is 9.59 Å². The van der Waals surface area contributed by atoms with Gasteiger partial charge in [0.15, 0.2) is 0 Å². The maximum absolute atomic E-state index is 11.7. The Morgan fingerprint density at radius 1 is 1.43 bits per heavy atom. The third-order valence-corrected chi connectivity index (χ3v) is 3.49. The van der Waals surface area contributed by atoms with E-state index in [-0.39, 0.29) is 17.4 Å². The Kier molecular flexibility index (Phi) is 5.06. The summed E-state index contributed by atoms with van der Waals surface area (Å²) in [4.78, 5) is 22.0. The predicted molar refractivity (Wildman–Crippen MR) is 80.1 cm³/mol. The number of benzene rings is 1. The summed E-state index contributed by atoms with van der Waals surface area (Å²) in [7, 11) is 0. The molecule has 0 aliphatic heterocycles. The number of aromatic nitrogens is 4. The first-order valence-corrected chi connectivity index (χ1v) is 7.33. The molecule has 1 aromatic heterocycles. The number of H-pyrrole nitrogens is 1. The van der Waals surface area contributed by atoms with Crippen molar-refractivity contribution in [2.45, 2.75) is 0 Å². The number of aliphatic carboxylic acids is 1. The van der Waals surface area contributed by atoms with Crippen molar-refractivity contribution in [1.82, 2.24) is 20.2 Å². The van der Waals surface area contributed by atoms with Gasteiger partial charge in [0.05, 0.1) is 17.2 Å². The SMILES string of the molecule is O=C(O)CSCC(=O)Nc1cccc(-n2nn[nH]c2=S)c1. The third-order valence-electron chi connectivity index (χ3n) is 2.31. The Labute approximate surface area is 128 Å². The molecule has 3 N–H and O–H groups in total. The minimum Gasteiger partial charge on any atom is -0.481 e. The van der Waals surface area contributed by atoms with Gasteiger partial charge in [0.2, 0.25) is 10.7 Å². The number of rotatable bonds is 6. The molecule has 1 amide bonds. The zero-order valence-electron chi connectivity index (χ0n) is 10.6. The zero-order chi connectivity index (χ0) is 15.2. The minimum absolute atomic E-state index is 0.0694.